The maximum Gasteiger partial charge on any atom is 0.150 e. The van der Waals surface area contributed by atoms with Gasteiger partial charge >= 0.3 is 0 Å². The molecule has 1 N–H and O–H groups in total. The molecule has 0 saturated carbocycles. The summed E-state index contributed by atoms with van der Waals surface area (Å²) in [4.78, 5) is 11.4. The Morgan fingerprint density at radius 3 is 1.86 bits per heavy atom. The van der Waals surface area contributed by atoms with Gasteiger partial charge in [0.2, 0.25) is 0 Å². The second kappa shape index (κ2) is 8.89. The smallest absolute Gasteiger partial charge is 0.150 e. The minimum absolute atomic E-state index is 0.0239. The number of hydrogen-bond donors (Lipinski definition) is 1. The molecule has 0 saturated heterocycles. The molecule has 0 heterocycles. The summed E-state index contributed by atoms with van der Waals surface area (Å²) < 4.78 is 0. The van der Waals surface area contributed by atoms with Crippen molar-refractivity contribution in [2.75, 3.05) is 0 Å². The molecule has 0 amide bonds. The summed E-state index contributed by atoms with van der Waals surface area (Å²) in [6.45, 7) is 19.1. The molecule has 0 fully saturated rings. The van der Waals surface area contributed by atoms with Crippen molar-refractivity contribution in [1.29, 1.82) is 0 Å². The van der Waals surface area contributed by atoms with E-state index in [0.29, 0.717) is 0 Å². The van der Waals surface area contributed by atoms with Gasteiger partial charge in [0, 0.05) is 11.0 Å². The molecule has 3 heteroatoms. The molecule has 0 spiro atoms. The van der Waals surface area contributed by atoms with Crippen LogP contribution in [0.15, 0.2) is 47.6 Å². The standard InChI is InChI=1S/C23H31NO2.C2H6/c1-21(2,3)15-22(4,5)17-13-18(20(25)19(14-17)24-26)23(6,7)16-11-9-8-10-12-16;1-2/h8-14,25H,15H2,1-7H3;1-2H3. The van der Waals surface area contributed by atoms with Crippen molar-refractivity contribution in [3.63, 3.8) is 0 Å². The molecule has 0 aromatic heterocycles. The second-order valence-corrected chi connectivity index (χ2v) is 9.60. The first kappa shape index (κ1) is 23.9. The van der Waals surface area contributed by atoms with E-state index in [-0.39, 0.29) is 22.3 Å². The summed E-state index contributed by atoms with van der Waals surface area (Å²) in [5.41, 5.74) is 2.51. The van der Waals surface area contributed by atoms with Crippen molar-refractivity contribution >= 4 is 5.69 Å². The van der Waals surface area contributed by atoms with Gasteiger partial charge < -0.3 is 5.11 Å². The van der Waals surface area contributed by atoms with Crippen LogP contribution in [0.2, 0.25) is 0 Å². The number of nitroso groups, excluding NO2 is 1. The highest BCUT2D eigenvalue weighted by Gasteiger charge is 2.33. The summed E-state index contributed by atoms with van der Waals surface area (Å²) in [5.74, 6) is -0.0239. The fourth-order valence-corrected chi connectivity index (χ4v) is 3.99. The van der Waals surface area contributed by atoms with Crippen LogP contribution in [-0.2, 0) is 10.8 Å². The van der Waals surface area contributed by atoms with Gasteiger partial charge in [-0.05, 0) is 39.6 Å². The lowest BCUT2D eigenvalue weighted by atomic mass is 9.70. The van der Waals surface area contributed by atoms with E-state index >= 15 is 0 Å². The van der Waals surface area contributed by atoms with Crippen LogP contribution in [0, 0.1) is 10.3 Å². The van der Waals surface area contributed by atoms with Crippen LogP contribution in [0.4, 0.5) is 5.69 Å². The van der Waals surface area contributed by atoms with Gasteiger partial charge in [0.1, 0.15) is 11.4 Å². The van der Waals surface area contributed by atoms with E-state index < -0.39 is 5.41 Å². The zero-order valence-electron chi connectivity index (χ0n) is 19.1. The van der Waals surface area contributed by atoms with Gasteiger partial charge in [-0.1, -0.05) is 98.7 Å². The highest BCUT2D eigenvalue weighted by Crippen LogP contribution is 2.46. The molecule has 0 radical (unpaired) electrons. The summed E-state index contributed by atoms with van der Waals surface area (Å²) in [6.07, 6.45) is 0.953. The molecule has 0 atom stereocenters. The molecule has 0 bridgehead atoms. The van der Waals surface area contributed by atoms with Gasteiger partial charge in [0.25, 0.3) is 0 Å². The molecule has 2 aromatic rings. The topological polar surface area (TPSA) is 49.7 Å². The average molecular weight is 384 g/mol. The Bertz CT molecular complexity index is 784. The van der Waals surface area contributed by atoms with Crippen LogP contribution in [0.5, 0.6) is 5.75 Å². The molecular formula is C25H37NO2. The molecule has 0 aliphatic heterocycles. The zero-order chi connectivity index (χ0) is 21.8. The Kier molecular flexibility index (Phi) is 7.59. The Morgan fingerprint density at radius 1 is 0.857 bits per heavy atom. The Hall–Kier alpha value is -2.16. The van der Waals surface area contributed by atoms with E-state index in [4.69, 9.17) is 0 Å². The first-order chi connectivity index (χ1) is 12.9. The number of benzene rings is 2. The van der Waals surface area contributed by atoms with Crippen LogP contribution in [0.3, 0.4) is 0 Å². The average Bonchev–Trinajstić information content (AvgIpc) is 2.62. The van der Waals surface area contributed by atoms with E-state index in [2.05, 4.69) is 53.6 Å². The predicted molar refractivity (Wildman–Crippen MR) is 121 cm³/mol. The maximum absolute atomic E-state index is 11.4. The minimum atomic E-state index is -0.446. The van der Waals surface area contributed by atoms with Gasteiger partial charge in [0.05, 0.1) is 0 Å². The molecule has 28 heavy (non-hydrogen) atoms. The molecule has 3 nitrogen and oxygen atoms in total. The van der Waals surface area contributed by atoms with Crippen molar-refractivity contribution in [3.05, 3.63) is 64.1 Å². The minimum Gasteiger partial charge on any atom is -0.505 e. The SMILES string of the molecule is CC.CC(C)(C)CC(C)(C)c1cc(N=O)c(O)c(C(C)(C)c2ccccc2)c1. The van der Waals surface area contributed by atoms with Gasteiger partial charge in [-0.25, -0.2) is 0 Å². The molecule has 0 unspecified atom stereocenters. The predicted octanol–water partition coefficient (Wildman–Crippen LogP) is 7.86. The van der Waals surface area contributed by atoms with Crippen LogP contribution < -0.4 is 0 Å². The fraction of sp³-hybridized carbons (Fsp3) is 0.520. The first-order valence-electron chi connectivity index (χ1n) is 10.2. The Morgan fingerprint density at radius 2 is 1.39 bits per heavy atom. The van der Waals surface area contributed by atoms with E-state index in [1.807, 2.05) is 50.2 Å². The molecule has 154 valence electrons. The summed E-state index contributed by atoms with van der Waals surface area (Å²) >= 11 is 0. The van der Waals surface area contributed by atoms with Crippen LogP contribution in [0.25, 0.3) is 0 Å². The second-order valence-electron chi connectivity index (χ2n) is 9.60. The van der Waals surface area contributed by atoms with Gasteiger partial charge in [0.15, 0.2) is 0 Å². The van der Waals surface area contributed by atoms with Crippen molar-refractivity contribution < 1.29 is 5.11 Å². The van der Waals surface area contributed by atoms with Gasteiger partial charge in [-0.15, -0.1) is 4.91 Å². The lowest BCUT2D eigenvalue weighted by Gasteiger charge is -2.35. The van der Waals surface area contributed by atoms with E-state index in [9.17, 15) is 10.0 Å². The third-order valence-corrected chi connectivity index (χ3v) is 5.11. The van der Waals surface area contributed by atoms with Crippen molar-refractivity contribution in [1.82, 2.24) is 0 Å². The van der Waals surface area contributed by atoms with E-state index in [1.165, 1.54) is 0 Å². The van der Waals surface area contributed by atoms with Crippen LogP contribution in [0.1, 0.15) is 85.4 Å². The number of nitrogens with zero attached hydrogens (tertiary/aromatic N) is 1. The molecular weight excluding hydrogens is 346 g/mol. The van der Waals surface area contributed by atoms with Gasteiger partial charge in [-0.3, -0.25) is 0 Å². The fourth-order valence-electron chi connectivity index (χ4n) is 3.99. The number of rotatable bonds is 5. The molecule has 2 rings (SSSR count). The number of phenols is 1. The Labute approximate surface area is 171 Å². The maximum atomic E-state index is 11.4. The summed E-state index contributed by atoms with van der Waals surface area (Å²) in [6, 6.07) is 13.8. The highest BCUT2D eigenvalue weighted by molar-refractivity contribution is 5.62. The quantitative estimate of drug-likeness (QED) is 0.534. The third kappa shape index (κ3) is 5.43. The molecule has 2 aromatic carbocycles. The Balaban J connectivity index is 0.00000190. The van der Waals surface area contributed by atoms with Crippen molar-refractivity contribution in [3.8, 4) is 5.75 Å². The highest BCUT2D eigenvalue weighted by atomic mass is 16.3. The summed E-state index contributed by atoms with van der Waals surface area (Å²) in [7, 11) is 0. The lowest BCUT2D eigenvalue weighted by Crippen LogP contribution is -2.26. The van der Waals surface area contributed by atoms with E-state index in [0.717, 1.165) is 23.1 Å². The number of aromatic hydroxyl groups is 1. The molecule has 0 aliphatic carbocycles. The van der Waals surface area contributed by atoms with Crippen LogP contribution >= 0.6 is 0 Å². The van der Waals surface area contributed by atoms with Crippen molar-refractivity contribution in [2.24, 2.45) is 10.6 Å². The number of phenolic OH excluding ortho intramolecular Hbond substituents is 1. The summed E-state index contributed by atoms with van der Waals surface area (Å²) in [5, 5.41) is 13.8. The largest absolute Gasteiger partial charge is 0.505 e. The van der Waals surface area contributed by atoms with Gasteiger partial charge in [-0.2, -0.15) is 0 Å². The van der Waals surface area contributed by atoms with Crippen LogP contribution in [-0.4, -0.2) is 5.11 Å². The first-order valence-corrected chi connectivity index (χ1v) is 10.2. The normalized spacial score (nSPS) is 12.2. The van der Waals surface area contributed by atoms with Crippen molar-refractivity contribution in [2.45, 2.75) is 79.6 Å². The number of hydrogen-bond acceptors (Lipinski definition) is 3. The molecule has 0 aliphatic rings. The monoisotopic (exact) mass is 383 g/mol. The lowest BCUT2D eigenvalue weighted by molar-refractivity contribution is 0.283. The van der Waals surface area contributed by atoms with E-state index in [1.54, 1.807) is 6.07 Å². The third-order valence-electron chi connectivity index (χ3n) is 5.11. The zero-order valence-corrected chi connectivity index (χ0v) is 19.1.